The molecule has 0 aliphatic rings. The summed E-state index contributed by atoms with van der Waals surface area (Å²) >= 11 is 0. The number of aromatic nitrogens is 1. The first-order valence-corrected chi connectivity index (χ1v) is 6.26. The molecular formula is C14H14F3NO3. The topological polar surface area (TPSA) is 62.5 Å². The van der Waals surface area contributed by atoms with Gasteiger partial charge in [-0.25, -0.2) is 4.79 Å². The zero-order valence-electron chi connectivity index (χ0n) is 11.3. The Morgan fingerprint density at radius 2 is 1.86 bits per heavy atom. The van der Waals surface area contributed by atoms with Crippen LogP contribution in [-0.4, -0.2) is 20.7 Å². The van der Waals surface area contributed by atoms with Crippen LogP contribution < -0.4 is 0 Å². The number of halogens is 3. The average molecular weight is 301 g/mol. The van der Waals surface area contributed by atoms with Crippen molar-refractivity contribution in [1.82, 2.24) is 4.57 Å². The standard InChI is InChI=1S/C14H14F3NO3/c1-7(2)18-10-6-9(14(15,16)17)4-3-8(10)5-11(18)12(19)13(20)21/h3-7,12,19H,1-2H3,(H,20,21). The van der Waals surface area contributed by atoms with Gasteiger partial charge in [0.2, 0.25) is 0 Å². The van der Waals surface area contributed by atoms with Gasteiger partial charge in [0.05, 0.1) is 11.3 Å². The third kappa shape index (κ3) is 2.73. The monoisotopic (exact) mass is 301 g/mol. The first-order chi connectivity index (χ1) is 9.62. The molecule has 2 aromatic rings. The maximum atomic E-state index is 12.8. The predicted molar refractivity (Wildman–Crippen MR) is 69.9 cm³/mol. The number of alkyl halides is 3. The number of aliphatic carboxylic acids is 1. The van der Waals surface area contributed by atoms with Gasteiger partial charge in [-0.2, -0.15) is 13.2 Å². The number of hydrogen-bond acceptors (Lipinski definition) is 2. The van der Waals surface area contributed by atoms with Crippen molar-refractivity contribution in [2.24, 2.45) is 0 Å². The summed E-state index contributed by atoms with van der Waals surface area (Å²) in [5.74, 6) is -1.45. The summed E-state index contributed by atoms with van der Waals surface area (Å²) in [6.07, 6.45) is -6.26. The zero-order chi connectivity index (χ0) is 15.9. The van der Waals surface area contributed by atoms with Crippen LogP contribution in [0.1, 0.15) is 37.3 Å². The molecule has 2 N–H and O–H groups in total. The molecule has 7 heteroatoms. The van der Waals surface area contributed by atoms with E-state index in [2.05, 4.69) is 0 Å². The third-order valence-electron chi connectivity index (χ3n) is 3.23. The van der Waals surface area contributed by atoms with Crippen molar-refractivity contribution in [3.63, 3.8) is 0 Å². The maximum absolute atomic E-state index is 12.8. The fourth-order valence-electron chi connectivity index (χ4n) is 2.33. The van der Waals surface area contributed by atoms with Crippen LogP contribution >= 0.6 is 0 Å². The van der Waals surface area contributed by atoms with E-state index in [1.807, 2.05) is 0 Å². The number of hydrogen-bond donors (Lipinski definition) is 2. The van der Waals surface area contributed by atoms with Crippen molar-refractivity contribution in [2.75, 3.05) is 0 Å². The summed E-state index contributed by atoms with van der Waals surface area (Å²) in [5, 5.41) is 19.1. The van der Waals surface area contributed by atoms with E-state index in [1.165, 1.54) is 16.7 Å². The smallest absolute Gasteiger partial charge is 0.416 e. The van der Waals surface area contributed by atoms with Crippen LogP contribution in [0.3, 0.4) is 0 Å². The minimum absolute atomic E-state index is 0.0619. The molecule has 1 aromatic heterocycles. The number of aliphatic hydroxyl groups is 1. The number of carboxylic acids is 1. The molecule has 0 spiro atoms. The summed E-state index contributed by atoms with van der Waals surface area (Å²) in [6, 6.07) is 4.27. The SMILES string of the molecule is CC(C)n1c(C(O)C(=O)O)cc2ccc(C(F)(F)F)cc21. The van der Waals surface area contributed by atoms with Gasteiger partial charge in [0.15, 0.2) is 6.10 Å². The lowest BCUT2D eigenvalue weighted by molar-refractivity contribution is -0.147. The molecule has 1 atom stereocenters. The molecular weight excluding hydrogens is 287 g/mol. The Morgan fingerprint density at radius 3 is 2.33 bits per heavy atom. The molecule has 0 aliphatic heterocycles. The van der Waals surface area contributed by atoms with E-state index in [9.17, 15) is 23.1 Å². The highest BCUT2D eigenvalue weighted by atomic mass is 19.4. The number of fused-ring (bicyclic) bond motifs is 1. The molecule has 2 rings (SSSR count). The molecule has 114 valence electrons. The number of aliphatic hydroxyl groups excluding tert-OH is 1. The third-order valence-corrected chi connectivity index (χ3v) is 3.23. The molecule has 21 heavy (non-hydrogen) atoms. The van der Waals surface area contributed by atoms with E-state index in [0.717, 1.165) is 12.1 Å². The maximum Gasteiger partial charge on any atom is 0.416 e. The molecule has 0 fully saturated rings. The van der Waals surface area contributed by atoms with Crippen molar-refractivity contribution in [1.29, 1.82) is 0 Å². The lowest BCUT2D eigenvalue weighted by Crippen LogP contribution is -2.16. The Kier molecular flexibility index (Phi) is 3.71. The second-order valence-corrected chi connectivity index (χ2v) is 5.05. The van der Waals surface area contributed by atoms with Gasteiger partial charge in [-0.05, 0) is 32.0 Å². The number of carboxylic acid groups (broad SMARTS) is 1. The minimum atomic E-state index is -4.48. The second-order valence-electron chi connectivity index (χ2n) is 5.05. The Labute approximate surface area is 118 Å². The Morgan fingerprint density at radius 1 is 1.24 bits per heavy atom. The lowest BCUT2D eigenvalue weighted by Gasteiger charge is -2.17. The highest BCUT2D eigenvalue weighted by Crippen LogP contribution is 2.34. The summed E-state index contributed by atoms with van der Waals surface area (Å²) in [5.41, 5.74) is -0.506. The lowest BCUT2D eigenvalue weighted by atomic mass is 10.1. The van der Waals surface area contributed by atoms with Gasteiger partial charge >= 0.3 is 12.1 Å². The van der Waals surface area contributed by atoms with E-state index in [1.54, 1.807) is 13.8 Å². The highest BCUT2D eigenvalue weighted by Gasteiger charge is 2.31. The van der Waals surface area contributed by atoms with E-state index < -0.39 is 23.8 Å². The van der Waals surface area contributed by atoms with E-state index in [0.29, 0.717) is 5.39 Å². The first kappa shape index (κ1) is 15.4. The van der Waals surface area contributed by atoms with Gasteiger partial charge in [0.1, 0.15) is 0 Å². The summed E-state index contributed by atoms with van der Waals surface area (Å²) < 4.78 is 39.8. The van der Waals surface area contributed by atoms with Crippen LogP contribution in [0.4, 0.5) is 13.2 Å². The number of rotatable bonds is 3. The number of nitrogens with zero attached hydrogens (tertiary/aromatic N) is 1. The minimum Gasteiger partial charge on any atom is -0.479 e. The van der Waals surface area contributed by atoms with Crippen molar-refractivity contribution >= 4 is 16.9 Å². The van der Waals surface area contributed by atoms with Gasteiger partial charge in [-0.3, -0.25) is 0 Å². The van der Waals surface area contributed by atoms with E-state index in [-0.39, 0.29) is 17.3 Å². The van der Waals surface area contributed by atoms with Crippen LogP contribution in [0.2, 0.25) is 0 Å². The number of carbonyl (C=O) groups is 1. The normalized spacial score (nSPS) is 13.9. The van der Waals surface area contributed by atoms with Crippen LogP contribution in [0, 0.1) is 0 Å². The molecule has 0 bridgehead atoms. The van der Waals surface area contributed by atoms with Gasteiger partial charge in [0, 0.05) is 16.9 Å². The molecule has 0 aliphatic carbocycles. The van der Waals surface area contributed by atoms with Crippen molar-refractivity contribution in [2.45, 2.75) is 32.2 Å². The van der Waals surface area contributed by atoms with Gasteiger partial charge in [-0.15, -0.1) is 0 Å². The Balaban J connectivity index is 2.73. The van der Waals surface area contributed by atoms with E-state index in [4.69, 9.17) is 5.11 Å². The molecule has 0 amide bonds. The van der Waals surface area contributed by atoms with Crippen molar-refractivity contribution in [3.8, 4) is 0 Å². The molecule has 1 heterocycles. The molecule has 0 saturated carbocycles. The van der Waals surface area contributed by atoms with Crippen LogP contribution in [0.5, 0.6) is 0 Å². The predicted octanol–water partition coefficient (Wildman–Crippen LogP) is 3.36. The number of benzene rings is 1. The Hall–Kier alpha value is -2.02. The summed E-state index contributed by atoms with van der Waals surface area (Å²) in [4.78, 5) is 10.9. The average Bonchev–Trinajstić information content (AvgIpc) is 2.74. The fraction of sp³-hybridized carbons (Fsp3) is 0.357. The van der Waals surface area contributed by atoms with Crippen LogP contribution in [0.15, 0.2) is 24.3 Å². The summed E-state index contributed by atoms with van der Waals surface area (Å²) in [7, 11) is 0. The van der Waals surface area contributed by atoms with Gasteiger partial charge in [0.25, 0.3) is 0 Å². The Bertz CT molecular complexity index is 689. The molecule has 1 aromatic carbocycles. The second kappa shape index (κ2) is 5.07. The van der Waals surface area contributed by atoms with E-state index >= 15 is 0 Å². The van der Waals surface area contributed by atoms with Crippen LogP contribution in [-0.2, 0) is 11.0 Å². The van der Waals surface area contributed by atoms with Gasteiger partial charge in [-0.1, -0.05) is 6.07 Å². The quantitative estimate of drug-likeness (QED) is 0.913. The van der Waals surface area contributed by atoms with Crippen molar-refractivity contribution < 1.29 is 28.2 Å². The largest absolute Gasteiger partial charge is 0.479 e. The molecule has 4 nitrogen and oxygen atoms in total. The molecule has 0 radical (unpaired) electrons. The molecule has 0 saturated heterocycles. The zero-order valence-corrected chi connectivity index (χ0v) is 11.3. The fourth-order valence-corrected chi connectivity index (χ4v) is 2.33. The van der Waals surface area contributed by atoms with Crippen LogP contribution in [0.25, 0.3) is 10.9 Å². The van der Waals surface area contributed by atoms with Crippen molar-refractivity contribution in [3.05, 3.63) is 35.5 Å². The highest BCUT2D eigenvalue weighted by molar-refractivity contribution is 5.85. The van der Waals surface area contributed by atoms with Gasteiger partial charge < -0.3 is 14.8 Å². The summed E-state index contributed by atoms with van der Waals surface area (Å²) in [6.45, 7) is 3.41. The molecule has 1 unspecified atom stereocenters. The first-order valence-electron chi connectivity index (χ1n) is 6.26.